The standard InChI is InChI=1S/C11H24N2O4/c1-2-16-6-7-17-9-10(14)8-13-5-3-4-11(12)15/h10,13-14H,2-9H2,1H3,(H2,12,15). The van der Waals surface area contributed by atoms with Gasteiger partial charge in [0.25, 0.3) is 0 Å². The lowest BCUT2D eigenvalue weighted by Gasteiger charge is -2.12. The minimum atomic E-state index is -0.537. The van der Waals surface area contributed by atoms with Crippen LogP contribution >= 0.6 is 0 Å². The van der Waals surface area contributed by atoms with E-state index in [4.69, 9.17) is 15.2 Å². The van der Waals surface area contributed by atoms with Crippen LogP contribution in [0.3, 0.4) is 0 Å². The summed E-state index contributed by atoms with van der Waals surface area (Å²) in [5.41, 5.74) is 4.99. The molecular weight excluding hydrogens is 224 g/mol. The van der Waals surface area contributed by atoms with Crippen LogP contribution in [0.1, 0.15) is 19.8 Å². The second-order valence-corrected chi connectivity index (χ2v) is 3.70. The highest BCUT2D eigenvalue weighted by molar-refractivity contribution is 5.73. The number of aliphatic hydroxyl groups excluding tert-OH is 1. The van der Waals surface area contributed by atoms with Crippen molar-refractivity contribution < 1.29 is 19.4 Å². The molecule has 0 saturated heterocycles. The number of carbonyl (C=O) groups excluding carboxylic acids is 1. The number of nitrogens with one attached hydrogen (secondary N) is 1. The molecule has 0 spiro atoms. The fourth-order valence-corrected chi connectivity index (χ4v) is 1.20. The molecule has 0 aliphatic carbocycles. The predicted octanol–water partition coefficient (Wildman–Crippen LogP) is -0.744. The maximum Gasteiger partial charge on any atom is 0.217 e. The van der Waals surface area contributed by atoms with E-state index in [0.29, 0.717) is 45.8 Å². The molecule has 0 aromatic heterocycles. The highest BCUT2D eigenvalue weighted by Gasteiger charge is 2.03. The lowest BCUT2D eigenvalue weighted by Crippen LogP contribution is -2.31. The van der Waals surface area contributed by atoms with Crippen LogP contribution in [0, 0.1) is 0 Å². The molecular formula is C11H24N2O4. The zero-order valence-electron chi connectivity index (χ0n) is 10.5. The Morgan fingerprint density at radius 3 is 2.76 bits per heavy atom. The van der Waals surface area contributed by atoms with Crippen LogP contribution in [0.5, 0.6) is 0 Å². The molecule has 0 aromatic rings. The first-order chi connectivity index (χ1) is 8.16. The third-order valence-corrected chi connectivity index (χ3v) is 2.04. The monoisotopic (exact) mass is 248 g/mol. The number of amides is 1. The van der Waals surface area contributed by atoms with E-state index in [1.807, 2.05) is 6.92 Å². The van der Waals surface area contributed by atoms with Gasteiger partial charge in [-0.3, -0.25) is 4.79 Å². The molecule has 6 nitrogen and oxygen atoms in total. The Balaban J connectivity index is 3.17. The number of rotatable bonds is 12. The molecule has 0 aliphatic rings. The summed E-state index contributed by atoms with van der Waals surface area (Å²) in [4.78, 5) is 10.4. The highest BCUT2D eigenvalue weighted by atomic mass is 16.5. The van der Waals surface area contributed by atoms with Gasteiger partial charge in [-0.2, -0.15) is 0 Å². The molecule has 0 aliphatic heterocycles. The molecule has 1 amide bonds. The van der Waals surface area contributed by atoms with Crippen molar-refractivity contribution in [3.05, 3.63) is 0 Å². The zero-order chi connectivity index (χ0) is 12.9. The molecule has 0 rings (SSSR count). The molecule has 0 heterocycles. The molecule has 0 saturated carbocycles. The van der Waals surface area contributed by atoms with E-state index < -0.39 is 6.10 Å². The number of aliphatic hydroxyl groups is 1. The normalized spacial score (nSPS) is 12.6. The quantitative estimate of drug-likeness (QED) is 0.395. The second-order valence-electron chi connectivity index (χ2n) is 3.70. The van der Waals surface area contributed by atoms with E-state index in [-0.39, 0.29) is 12.5 Å². The van der Waals surface area contributed by atoms with Crippen molar-refractivity contribution in [3.63, 3.8) is 0 Å². The fourth-order valence-electron chi connectivity index (χ4n) is 1.20. The first-order valence-corrected chi connectivity index (χ1v) is 5.99. The summed E-state index contributed by atoms with van der Waals surface area (Å²) in [6.45, 7) is 5.04. The van der Waals surface area contributed by atoms with Crippen molar-refractivity contribution in [2.75, 3.05) is 39.5 Å². The van der Waals surface area contributed by atoms with Crippen LogP contribution in [0.4, 0.5) is 0 Å². The fraction of sp³-hybridized carbons (Fsp3) is 0.909. The van der Waals surface area contributed by atoms with Crippen molar-refractivity contribution in [1.29, 1.82) is 0 Å². The lowest BCUT2D eigenvalue weighted by molar-refractivity contribution is -0.118. The molecule has 1 unspecified atom stereocenters. The van der Waals surface area contributed by atoms with Gasteiger partial charge in [0.15, 0.2) is 0 Å². The number of hydrogen-bond donors (Lipinski definition) is 3. The Kier molecular flexibility index (Phi) is 11.3. The van der Waals surface area contributed by atoms with Crippen LogP contribution in [-0.2, 0) is 14.3 Å². The molecule has 102 valence electrons. The van der Waals surface area contributed by atoms with Crippen molar-refractivity contribution in [2.24, 2.45) is 5.73 Å². The molecule has 0 radical (unpaired) electrons. The summed E-state index contributed by atoms with van der Waals surface area (Å²) in [5.74, 6) is -0.299. The molecule has 17 heavy (non-hydrogen) atoms. The average Bonchev–Trinajstić information content (AvgIpc) is 2.28. The van der Waals surface area contributed by atoms with E-state index >= 15 is 0 Å². The Bertz CT molecular complexity index is 190. The van der Waals surface area contributed by atoms with E-state index in [0.717, 1.165) is 0 Å². The highest BCUT2D eigenvalue weighted by Crippen LogP contribution is 1.87. The van der Waals surface area contributed by atoms with Crippen LogP contribution in [0.25, 0.3) is 0 Å². The number of hydrogen-bond acceptors (Lipinski definition) is 5. The van der Waals surface area contributed by atoms with Gasteiger partial charge in [0.2, 0.25) is 5.91 Å². The van der Waals surface area contributed by atoms with E-state index in [1.54, 1.807) is 0 Å². The van der Waals surface area contributed by atoms with Crippen LogP contribution < -0.4 is 11.1 Å². The van der Waals surface area contributed by atoms with Gasteiger partial charge in [0.05, 0.1) is 25.9 Å². The van der Waals surface area contributed by atoms with Crippen LogP contribution in [-0.4, -0.2) is 56.6 Å². The molecule has 4 N–H and O–H groups in total. The van der Waals surface area contributed by atoms with Crippen molar-refractivity contribution in [1.82, 2.24) is 5.32 Å². The van der Waals surface area contributed by atoms with Crippen LogP contribution in [0.2, 0.25) is 0 Å². The van der Waals surface area contributed by atoms with Gasteiger partial charge >= 0.3 is 0 Å². The zero-order valence-corrected chi connectivity index (χ0v) is 10.5. The number of carbonyl (C=O) groups is 1. The van der Waals surface area contributed by atoms with Crippen LogP contribution in [0.15, 0.2) is 0 Å². The smallest absolute Gasteiger partial charge is 0.217 e. The van der Waals surface area contributed by atoms with Crippen molar-refractivity contribution in [2.45, 2.75) is 25.9 Å². The first-order valence-electron chi connectivity index (χ1n) is 5.99. The Morgan fingerprint density at radius 1 is 1.41 bits per heavy atom. The third kappa shape index (κ3) is 13.2. The molecule has 0 fully saturated rings. The molecule has 0 aromatic carbocycles. The summed E-state index contributed by atoms with van der Waals surface area (Å²) in [6, 6.07) is 0. The Morgan fingerprint density at radius 2 is 2.12 bits per heavy atom. The Hall–Kier alpha value is -0.690. The minimum absolute atomic E-state index is 0.288. The maximum atomic E-state index is 10.4. The summed E-state index contributed by atoms with van der Waals surface area (Å²) < 4.78 is 10.3. The lowest BCUT2D eigenvalue weighted by atomic mass is 10.3. The number of ether oxygens (including phenoxy) is 2. The topological polar surface area (TPSA) is 93.8 Å². The van der Waals surface area contributed by atoms with Gasteiger partial charge in [-0.15, -0.1) is 0 Å². The summed E-state index contributed by atoms with van der Waals surface area (Å²) in [5, 5.41) is 12.5. The molecule has 6 heteroatoms. The average molecular weight is 248 g/mol. The van der Waals surface area contributed by atoms with Gasteiger partial charge in [-0.25, -0.2) is 0 Å². The maximum absolute atomic E-state index is 10.4. The third-order valence-electron chi connectivity index (χ3n) is 2.04. The van der Waals surface area contributed by atoms with E-state index in [9.17, 15) is 9.90 Å². The van der Waals surface area contributed by atoms with Gasteiger partial charge in [-0.05, 0) is 19.9 Å². The Labute approximate surface area is 102 Å². The van der Waals surface area contributed by atoms with Gasteiger partial charge in [0, 0.05) is 19.6 Å². The summed E-state index contributed by atoms with van der Waals surface area (Å²) >= 11 is 0. The molecule has 1 atom stereocenters. The second kappa shape index (κ2) is 11.8. The number of nitrogens with two attached hydrogens (primary N) is 1. The predicted molar refractivity (Wildman–Crippen MR) is 64.6 cm³/mol. The van der Waals surface area contributed by atoms with Crippen molar-refractivity contribution >= 4 is 5.91 Å². The van der Waals surface area contributed by atoms with Crippen molar-refractivity contribution in [3.8, 4) is 0 Å². The van der Waals surface area contributed by atoms with Gasteiger partial charge < -0.3 is 25.6 Å². The SMILES string of the molecule is CCOCCOCC(O)CNCCCC(N)=O. The summed E-state index contributed by atoms with van der Waals surface area (Å²) in [7, 11) is 0. The van der Waals surface area contributed by atoms with E-state index in [1.165, 1.54) is 0 Å². The van der Waals surface area contributed by atoms with Gasteiger partial charge in [0.1, 0.15) is 0 Å². The molecule has 0 bridgehead atoms. The van der Waals surface area contributed by atoms with E-state index in [2.05, 4.69) is 5.32 Å². The minimum Gasteiger partial charge on any atom is -0.389 e. The first kappa shape index (κ1) is 16.3. The number of primary amides is 1. The summed E-state index contributed by atoms with van der Waals surface area (Å²) in [6.07, 6.45) is 0.520. The van der Waals surface area contributed by atoms with Gasteiger partial charge in [-0.1, -0.05) is 0 Å². The largest absolute Gasteiger partial charge is 0.389 e.